The molecule has 0 fully saturated rings. The quantitative estimate of drug-likeness (QED) is 0.713. The van der Waals surface area contributed by atoms with Crippen molar-refractivity contribution in [2.45, 2.75) is 12.2 Å². The second-order valence-electron chi connectivity index (χ2n) is 4.93. The van der Waals surface area contributed by atoms with Crippen LogP contribution in [0.1, 0.15) is 6.92 Å². The Labute approximate surface area is 148 Å². The summed E-state index contributed by atoms with van der Waals surface area (Å²) in [7, 11) is 0. The van der Waals surface area contributed by atoms with Crippen molar-refractivity contribution >= 4 is 35.0 Å². The zero-order valence-electron chi connectivity index (χ0n) is 12.9. The zero-order chi connectivity index (χ0) is 17.5. The highest BCUT2D eigenvalue weighted by Crippen LogP contribution is 2.19. The molecule has 0 bridgehead atoms. The summed E-state index contributed by atoms with van der Waals surface area (Å²) in [6.45, 7) is 2.11. The van der Waals surface area contributed by atoms with E-state index in [2.05, 4.69) is 5.32 Å². The van der Waals surface area contributed by atoms with Gasteiger partial charge in [-0.2, -0.15) is 0 Å². The van der Waals surface area contributed by atoms with Gasteiger partial charge in [0.25, 0.3) is 0 Å². The van der Waals surface area contributed by atoms with Gasteiger partial charge in [-0.05, 0) is 43.3 Å². The molecule has 2 aromatic carbocycles. The molecule has 0 aliphatic carbocycles. The number of carbonyl (C=O) groups excluding carboxylic acids is 1. The summed E-state index contributed by atoms with van der Waals surface area (Å²) in [4.78, 5) is 12.0. The third kappa shape index (κ3) is 5.69. The van der Waals surface area contributed by atoms with Gasteiger partial charge in [0, 0.05) is 16.8 Å². The van der Waals surface area contributed by atoms with Crippen molar-refractivity contribution < 1.29 is 18.3 Å². The first-order valence-corrected chi connectivity index (χ1v) is 8.64. The van der Waals surface area contributed by atoms with E-state index >= 15 is 0 Å². The minimum Gasteiger partial charge on any atom is -0.493 e. The van der Waals surface area contributed by atoms with Crippen LogP contribution in [0, 0.1) is 11.6 Å². The van der Waals surface area contributed by atoms with Crippen LogP contribution in [0.25, 0.3) is 0 Å². The van der Waals surface area contributed by atoms with Gasteiger partial charge in [0.2, 0.25) is 5.91 Å². The molecule has 24 heavy (non-hydrogen) atoms. The molecule has 1 unspecified atom stereocenters. The van der Waals surface area contributed by atoms with Gasteiger partial charge < -0.3 is 10.1 Å². The lowest BCUT2D eigenvalue weighted by atomic mass is 10.3. The van der Waals surface area contributed by atoms with Crippen LogP contribution in [-0.4, -0.2) is 23.5 Å². The fourth-order valence-electron chi connectivity index (χ4n) is 1.82. The third-order valence-electron chi connectivity index (χ3n) is 3.09. The summed E-state index contributed by atoms with van der Waals surface area (Å²) < 4.78 is 32.1. The van der Waals surface area contributed by atoms with Gasteiger partial charge in [-0.3, -0.25) is 4.79 Å². The predicted octanol–water partition coefficient (Wildman–Crippen LogP) is 4.76. The number of nitrogens with one attached hydrogen (secondary N) is 1. The standard InChI is InChI=1S/C17H16ClF2NO2S/c1-11(17(22)21-16-10-13(19)4-7-15(16)20)24-9-8-23-14-5-2-12(18)3-6-14/h2-7,10-11H,8-9H2,1H3,(H,21,22). The highest BCUT2D eigenvalue weighted by Gasteiger charge is 2.15. The SMILES string of the molecule is CC(SCCOc1ccc(Cl)cc1)C(=O)Nc1cc(F)ccc1F. The molecule has 0 aliphatic rings. The highest BCUT2D eigenvalue weighted by atomic mass is 35.5. The number of ether oxygens (including phenoxy) is 1. The second-order valence-corrected chi connectivity index (χ2v) is 6.81. The van der Waals surface area contributed by atoms with Gasteiger partial charge in [0.1, 0.15) is 17.4 Å². The largest absolute Gasteiger partial charge is 0.493 e. The molecule has 1 N–H and O–H groups in total. The first-order valence-electron chi connectivity index (χ1n) is 7.21. The van der Waals surface area contributed by atoms with Gasteiger partial charge in [0.15, 0.2) is 0 Å². The van der Waals surface area contributed by atoms with Gasteiger partial charge in [0.05, 0.1) is 17.5 Å². The molecule has 0 spiro atoms. The average Bonchev–Trinajstić information content (AvgIpc) is 2.56. The molecule has 7 heteroatoms. The molecule has 2 rings (SSSR count). The van der Waals surface area contributed by atoms with E-state index in [1.54, 1.807) is 31.2 Å². The van der Waals surface area contributed by atoms with Crippen LogP contribution in [0.15, 0.2) is 42.5 Å². The minimum atomic E-state index is -0.673. The number of carbonyl (C=O) groups is 1. The predicted molar refractivity (Wildman–Crippen MR) is 93.9 cm³/mol. The molecule has 0 aliphatic heterocycles. The Bertz CT molecular complexity index is 697. The minimum absolute atomic E-state index is 0.162. The number of benzene rings is 2. The van der Waals surface area contributed by atoms with Crippen molar-refractivity contribution in [2.75, 3.05) is 17.7 Å². The van der Waals surface area contributed by atoms with E-state index in [1.807, 2.05) is 0 Å². The van der Waals surface area contributed by atoms with Crippen LogP contribution >= 0.6 is 23.4 Å². The summed E-state index contributed by atoms with van der Waals surface area (Å²) in [6, 6.07) is 9.90. The smallest absolute Gasteiger partial charge is 0.237 e. The van der Waals surface area contributed by atoms with E-state index in [-0.39, 0.29) is 5.69 Å². The molecular formula is C17H16ClF2NO2S. The molecular weight excluding hydrogens is 356 g/mol. The molecule has 0 saturated heterocycles. The molecule has 0 heterocycles. The normalized spacial score (nSPS) is 11.8. The molecule has 0 aromatic heterocycles. The number of hydrogen-bond acceptors (Lipinski definition) is 3. The van der Waals surface area contributed by atoms with E-state index in [1.165, 1.54) is 11.8 Å². The van der Waals surface area contributed by atoms with Crippen LogP contribution in [0.2, 0.25) is 5.02 Å². The van der Waals surface area contributed by atoms with Crippen molar-refractivity contribution in [3.05, 3.63) is 59.1 Å². The maximum atomic E-state index is 13.5. The Hall–Kier alpha value is -1.79. The average molecular weight is 372 g/mol. The van der Waals surface area contributed by atoms with Gasteiger partial charge in [-0.1, -0.05) is 11.6 Å². The number of hydrogen-bond donors (Lipinski definition) is 1. The van der Waals surface area contributed by atoms with E-state index < -0.39 is 22.8 Å². The Balaban J connectivity index is 1.75. The third-order valence-corrected chi connectivity index (χ3v) is 4.46. The lowest BCUT2D eigenvalue weighted by molar-refractivity contribution is -0.115. The van der Waals surface area contributed by atoms with E-state index in [9.17, 15) is 13.6 Å². The van der Waals surface area contributed by atoms with Crippen LogP contribution in [0.3, 0.4) is 0 Å². The first kappa shape index (κ1) is 18.5. The summed E-state index contributed by atoms with van der Waals surface area (Å²) in [5.41, 5.74) is -0.162. The molecule has 0 radical (unpaired) electrons. The maximum absolute atomic E-state index is 13.5. The van der Waals surface area contributed by atoms with E-state index in [4.69, 9.17) is 16.3 Å². The van der Waals surface area contributed by atoms with Crippen LogP contribution in [-0.2, 0) is 4.79 Å². The monoisotopic (exact) mass is 371 g/mol. The fraction of sp³-hybridized carbons (Fsp3) is 0.235. The molecule has 128 valence electrons. The molecule has 1 amide bonds. The fourth-order valence-corrected chi connectivity index (χ4v) is 2.69. The van der Waals surface area contributed by atoms with Crippen LogP contribution < -0.4 is 10.1 Å². The summed E-state index contributed by atoms with van der Waals surface area (Å²) in [5.74, 6) is -0.408. The van der Waals surface area contributed by atoms with E-state index in [0.717, 1.165) is 18.2 Å². The highest BCUT2D eigenvalue weighted by molar-refractivity contribution is 8.00. The molecule has 1 atom stereocenters. The summed E-state index contributed by atoms with van der Waals surface area (Å²) in [5, 5.41) is 2.59. The Kier molecular flexibility index (Phi) is 6.87. The van der Waals surface area contributed by atoms with Crippen LogP contribution in [0.5, 0.6) is 5.75 Å². The Morgan fingerprint density at radius 2 is 1.96 bits per heavy atom. The van der Waals surface area contributed by atoms with Crippen molar-refractivity contribution in [2.24, 2.45) is 0 Å². The van der Waals surface area contributed by atoms with Crippen molar-refractivity contribution in [3.8, 4) is 5.75 Å². The first-order chi connectivity index (χ1) is 11.5. The van der Waals surface area contributed by atoms with Crippen molar-refractivity contribution in [3.63, 3.8) is 0 Å². The number of rotatable bonds is 7. The second kappa shape index (κ2) is 8.89. The van der Waals surface area contributed by atoms with Crippen molar-refractivity contribution in [1.29, 1.82) is 0 Å². The van der Waals surface area contributed by atoms with Crippen molar-refractivity contribution in [1.82, 2.24) is 0 Å². The maximum Gasteiger partial charge on any atom is 0.237 e. The van der Waals surface area contributed by atoms with Gasteiger partial charge in [-0.25, -0.2) is 8.78 Å². The molecule has 0 saturated carbocycles. The number of anilines is 1. The lowest BCUT2D eigenvalue weighted by Crippen LogP contribution is -2.24. The summed E-state index contributed by atoms with van der Waals surface area (Å²) in [6.07, 6.45) is 0. The Morgan fingerprint density at radius 3 is 2.67 bits per heavy atom. The number of thioether (sulfide) groups is 1. The van der Waals surface area contributed by atoms with Crippen LogP contribution in [0.4, 0.5) is 14.5 Å². The Morgan fingerprint density at radius 1 is 1.25 bits per heavy atom. The lowest BCUT2D eigenvalue weighted by Gasteiger charge is -2.13. The topological polar surface area (TPSA) is 38.3 Å². The van der Waals surface area contributed by atoms with Gasteiger partial charge >= 0.3 is 0 Å². The number of amides is 1. The molecule has 3 nitrogen and oxygen atoms in total. The zero-order valence-corrected chi connectivity index (χ0v) is 14.5. The molecule has 2 aromatic rings. The van der Waals surface area contributed by atoms with Gasteiger partial charge in [-0.15, -0.1) is 11.8 Å². The number of halogens is 3. The van der Waals surface area contributed by atoms with E-state index in [0.29, 0.717) is 23.1 Å². The summed E-state index contributed by atoms with van der Waals surface area (Å²) >= 11 is 7.14.